The Morgan fingerprint density at radius 2 is 0.734 bits per heavy atom. The van der Waals surface area contributed by atoms with Crippen LogP contribution in [0.5, 0.6) is 0 Å². The molecule has 64 heavy (non-hydrogen) atoms. The second-order valence-electron chi connectivity index (χ2n) is 16.2. The monoisotopic (exact) mass is 1110 g/mol. The van der Waals surface area contributed by atoms with E-state index in [9.17, 15) is 0 Å². The van der Waals surface area contributed by atoms with Crippen molar-refractivity contribution in [3.8, 4) is 46.6 Å². The van der Waals surface area contributed by atoms with Gasteiger partial charge in [0.25, 0.3) is 0 Å². The van der Waals surface area contributed by atoms with Gasteiger partial charge in [0.05, 0.1) is 54.9 Å². The van der Waals surface area contributed by atoms with Crippen LogP contribution in [-0.4, -0.2) is 40.6 Å². The molecule has 4 rings (SSSR count). The number of unbranched alkanes of at least 4 members (excludes halogenated alkanes) is 4. The molecule has 0 atom stereocenters. The highest BCUT2D eigenvalue weighted by molar-refractivity contribution is 8.43. The summed E-state index contributed by atoms with van der Waals surface area (Å²) in [5, 5.41) is 4.48. The molecular formula is C50H66S12Si2. The molecule has 0 N–H and O–H groups in total. The molecule has 4 heterocycles. The van der Waals surface area contributed by atoms with E-state index in [1.54, 1.807) is 0 Å². The summed E-state index contributed by atoms with van der Waals surface area (Å²) in [5.74, 6) is 26.5. The molecule has 0 spiro atoms. The van der Waals surface area contributed by atoms with Gasteiger partial charge in [-0.1, -0.05) is 227 Å². The van der Waals surface area contributed by atoms with Gasteiger partial charge in [-0.25, -0.2) is 0 Å². The first-order chi connectivity index (χ1) is 30.9. The fourth-order valence-electron chi connectivity index (χ4n) is 5.84. The van der Waals surface area contributed by atoms with Crippen molar-refractivity contribution >= 4 is 159 Å². The maximum atomic E-state index is 3.79. The van der Waals surface area contributed by atoms with Crippen LogP contribution < -0.4 is 0 Å². The minimum Gasteiger partial charge on any atom is -0.127 e. The van der Waals surface area contributed by atoms with Crippen molar-refractivity contribution < 1.29 is 0 Å². The van der Waals surface area contributed by atoms with Crippen molar-refractivity contribution in [1.82, 2.24) is 0 Å². The molecule has 0 saturated heterocycles. The molecule has 0 bridgehead atoms. The standard InChI is InChI=1S/C50H66S12Si2/c1-13-17-27-51-43-44(52-28-18-14-2)60-49(59-43)47-55-33-41(57-47)23-21-39(40(25-31-63(35(5)6)36(7)8)26-32-64(37(9)10)38(11)12)22-24-42-34-56-48(58-42)50-61-45(53-29-19-15-3)46(62-50)54-30-20-16-4/h33-38H,13-20,27-30H2,1-12H3. The third-order valence-electron chi connectivity index (χ3n) is 9.31. The van der Waals surface area contributed by atoms with Crippen LogP contribution in [0.15, 0.2) is 65.7 Å². The molecule has 0 aromatic carbocycles. The largest absolute Gasteiger partial charge is 0.150 e. The van der Waals surface area contributed by atoms with Crippen molar-refractivity contribution in [2.45, 2.75) is 157 Å². The van der Waals surface area contributed by atoms with E-state index < -0.39 is 17.6 Å². The van der Waals surface area contributed by atoms with Gasteiger partial charge in [-0.15, -0.1) is 58.1 Å². The van der Waals surface area contributed by atoms with Gasteiger partial charge in [0.15, 0.2) is 17.6 Å². The number of hydrogen-bond acceptors (Lipinski definition) is 12. The molecule has 0 nitrogen and oxygen atoms in total. The molecule has 346 valence electrons. The summed E-state index contributed by atoms with van der Waals surface area (Å²) in [7, 11) is -1.89. The van der Waals surface area contributed by atoms with E-state index in [1.165, 1.54) is 108 Å². The molecule has 14 heteroatoms. The minimum atomic E-state index is -0.943. The Morgan fingerprint density at radius 3 is 1.02 bits per heavy atom. The quantitative estimate of drug-likeness (QED) is 0.0648. The van der Waals surface area contributed by atoms with E-state index in [0.717, 1.165) is 21.0 Å². The van der Waals surface area contributed by atoms with Crippen LogP contribution in [0.1, 0.15) is 134 Å². The first-order valence-corrected chi connectivity index (χ1v) is 36.6. The number of allylic oxidation sites excluding steroid dienone is 4. The Kier molecular flexibility index (Phi) is 28.9. The molecule has 0 aliphatic carbocycles. The average molecular weight is 1110 g/mol. The molecule has 0 fully saturated rings. The Labute approximate surface area is 445 Å². The fraction of sp³-hybridized carbons (Fsp3) is 0.560. The Bertz CT molecular complexity index is 1880. The van der Waals surface area contributed by atoms with E-state index in [0.29, 0.717) is 22.2 Å². The van der Waals surface area contributed by atoms with E-state index >= 15 is 0 Å². The molecule has 2 radical (unpaired) electrons. The van der Waals surface area contributed by atoms with Crippen molar-refractivity contribution in [1.29, 1.82) is 0 Å². The highest BCUT2D eigenvalue weighted by Gasteiger charge is 2.29. The van der Waals surface area contributed by atoms with Gasteiger partial charge in [-0.3, -0.25) is 0 Å². The lowest BCUT2D eigenvalue weighted by Gasteiger charge is -2.16. The van der Waals surface area contributed by atoms with E-state index in [4.69, 9.17) is 0 Å². The highest BCUT2D eigenvalue weighted by Crippen LogP contribution is 2.64. The van der Waals surface area contributed by atoms with Crippen LogP contribution in [0, 0.1) is 46.6 Å². The summed E-state index contributed by atoms with van der Waals surface area (Å²) < 4.78 is 11.5. The summed E-state index contributed by atoms with van der Waals surface area (Å²) in [6, 6.07) is 0. The summed E-state index contributed by atoms with van der Waals surface area (Å²) in [4.78, 5) is 2.15. The fourth-order valence-corrected chi connectivity index (χ4v) is 27.3. The molecule has 4 aliphatic rings. The smallest absolute Gasteiger partial charge is 0.127 e. The maximum absolute atomic E-state index is 3.79. The van der Waals surface area contributed by atoms with Crippen molar-refractivity contribution in [3.05, 3.63) is 65.7 Å². The number of hydrogen-bond donors (Lipinski definition) is 0. The van der Waals surface area contributed by atoms with Gasteiger partial charge in [0, 0.05) is 0 Å². The lowest BCUT2D eigenvalue weighted by Crippen LogP contribution is -2.19. The van der Waals surface area contributed by atoms with Gasteiger partial charge < -0.3 is 0 Å². The zero-order chi connectivity index (χ0) is 46.4. The van der Waals surface area contributed by atoms with Crippen LogP contribution in [-0.2, 0) is 0 Å². The van der Waals surface area contributed by atoms with Crippen molar-refractivity contribution in [2.24, 2.45) is 0 Å². The molecule has 4 aliphatic heterocycles. The average Bonchev–Trinajstić information content (AvgIpc) is 4.08. The maximum Gasteiger partial charge on any atom is 0.150 e. The molecule has 0 saturated carbocycles. The van der Waals surface area contributed by atoms with Crippen LogP contribution in [0.2, 0.25) is 22.2 Å². The van der Waals surface area contributed by atoms with Gasteiger partial charge in [-0.2, -0.15) is 0 Å². The normalized spacial score (nSPS) is 16.3. The first-order valence-electron chi connectivity index (χ1n) is 22.7. The van der Waals surface area contributed by atoms with E-state index in [-0.39, 0.29) is 0 Å². The first kappa shape index (κ1) is 57.6. The zero-order valence-corrected chi connectivity index (χ0v) is 51.6. The number of thioether (sulfide) groups is 12. The van der Waals surface area contributed by atoms with E-state index in [2.05, 4.69) is 141 Å². The number of rotatable bonds is 20. The third kappa shape index (κ3) is 19.7. The van der Waals surface area contributed by atoms with Gasteiger partial charge >= 0.3 is 0 Å². The SMILES string of the molecule is CCCCSC1=C(SCCCC)SC(=C2SC=C(C#CC(C#CC3=CSC(=C4SC(SCCCC)=C(SCCCC)S4)S3)=C(C#C[Si](C(C)C)C(C)C)C#C[Si](C(C)C)C(C)C)S2)S1. The van der Waals surface area contributed by atoms with Crippen molar-refractivity contribution in [3.63, 3.8) is 0 Å². The topological polar surface area (TPSA) is 0 Å². The lowest BCUT2D eigenvalue weighted by atomic mass is 10.1. The van der Waals surface area contributed by atoms with Gasteiger partial charge in [0.2, 0.25) is 0 Å². The van der Waals surface area contributed by atoms with Crippen LogP contribution in [0.3, 0.4) is 0 Å². The van der Waals surface area contributed by atoms with Crippen LogP contribution >= 0.6 is 141 Å². The lowest BCUT2D eigenvalue weighted by molar-refractivity contribution is 0.897. The summed E-state index contributed by atoms with van der Waals surface area (Å²) >= 11 is 23.4. The van der Waals surface area contributed by atoms with Crippen LogP contribution in [0.4, 0.5) is 0 Å². The summed E-state index contributed by atoms with van der Waals surface area (Å²) in [6.07, 6.45) is 9.98. The second kappa shape index (κ2) is 32.1. The Morgan fingerprint density at radius 1 is 0.438 bits per heavy atom. The van der Waals surface area contributed by atoms with Crippen molar-refractivity contribution in [2.75, 3.05) is 23.0 Å². The molecule has 0 aromatic rings. The van der Waals surface area contributed by atoms with Gasteiger partial charge in [0.1, 0.15) is 0 Å². The summed E-state index contributed by atoms with van der Waals surface area (Å²) in [6.45, 7) is 27.7. The molecule has 0 unspecified atom stereocenters. The summed E-state index contributed by atoms with van der Waals surface area (Å²) in [5.41, 5.74) is 11.3. The van der Waals surface area contributed by atoms with Crippen LogP contribution in [0.25, 0.3) is 0 Å². The molecular weight excluding hydrogens is 1040 g/mol. The molecule has 0 aromatic heterocycles. The predicted molar refractivity (Wildman–Crippen MR) is 324 cm³/mol. The highest BCUT2D eigenvalue weighted by atomic mass is 32.3. The Hall–Kier alpha value is 1.05. The zero-order valence-electron chi connectivity index (χ0n) is 39.8. The van der Waals surface area contributed by atoms with E-state index in [1.807, 2.05) is 141 Å². The minimum absolute atomic E-state index is 0.541. The Balaban J connectivity index is 1.71. The second-order valence-corrected chi connectivity index (χ2v) is 37.6. The van der Waals surface area contributed by atoms with Gasteiger partial charge in [-0.05, 0) is 93.5 Å². The predicted octanol–water partition coefficient (Wildman–Crippen LogP) is 20.2. The molecule has 0 amide bonds. The third-order valence-corrected chi connectivity index (χ3v) is 32.1.